The summed E-state index contributed by atoms with van der Waals surface area (Å²) in [5.74, 6) is 0. The van der Waals surface area contributed by atoms with Gasteiger partial charge in [-0.2, -0.15) is 0 Å². The number of nitrogens with zero attached hydrogens (tertiary/aromatic N) is 2. The monoisotopic (exact) mass is 820 g/mol. The summed E-state index contributed by atoms with van der Waals surface area (Å²) in [7, 11) is -6.20. The zero-order valence-electron chi connectivity index (χ0n) is 33.0. The Morgan fingerprint density at radius 3 is 1.16 bits per heavy atom. The lowest BCUT2D eigenvalue weighted by Gasteiger charge is -2.20. The largest absolute Gasteiger partial charge is 0.309 e. The Kier molecular flexibility index (Phi) is 9.01. The maximum atomic E-state index is 15.1. The van der Waals surface area contributed by atoms with E-state index in [0.29, 0.717) is 0 Å². The number of pyridine rings is 1. The number of imidazole rings is 1. The second-order valence-electron chi connectivity index (χ2n) is 15.4. The van der Waals surface area contributed by atoms with E-state index in [0.717, 1.165) is 92.4 Å². The summed E-state index contributed by atoms with van der Waals surface area (Å²) in [6.07, 6.45) is 0. The quantitative estimate of drug-likeness (QED) is 0.113. The summed E-state index contributed by atoms with van der Waals surface area (Å²) in [6.45, 7) is 0. The Morgan fingerprint density at radius 2 is 0.689 bits per heavy atom. The van der Waals surface area contributed by atoms with Gasteiger partial charge in [0.05, 0.1) is 16.6 Å². The van der Waals surface area contributed by atoms with Crippen molar-refractivity contribution < 1.29 is 9.13 Å². The first-order valence-corrected chi connectivity index (χ1v) is 23.8. The molecule has 0 radical (unpaired) electrons. The minimum atomic E-state index is -3.10. The van der Waals surface area contributed by atoms with Crippen LogP contribution in [-0.4, -0.2) is 9.38 Å². The first kappa shape index (κ1) is 36.9. The number of hydrogen-bond acceptors (Lipinski definition) is 3. The van der Waals surface area contributed by atoms with Crippen LogP contribution in [0.4, 0.5) is 0 Å². The van der Waals surface area contributed by atoms with E-state index in [2.05, 4.69) is 83.3 Å². The third kappa shape index (κ3) is 6.10. The van der Waals surface area contributed by atoms with Crippen molar-refractivity contribution in [2.75, 3.05) is 0 Å². The van der Waals surface area contributed by atoms with E-state index in [4.69, 9.17) is 4.98 Å². The molecular weight excluding hydrogens is 783 g/mol. The fraction of sp³-hybridized carbons (Fsp3) is 0. The molecule has 0 aliphatic heterocycles. The molecular formula is C55H38N2O2P2. The molecule has 0 spiro atoms. The van der Waals surface area contributed by atoms with E-state index in [-0.39, 0.29) is 0 Å². The summed E-state index contributed by atoms with van der Waals surface area (Å²) in [5, 5.41) is 8.12. The number of rotatable bonds is 8. The van der Waals surface area contributed by atoms with Crippen LogP contribution in [0.3, 0.4) is 0 Å². The third-order valence-electron chi connectivity index (χ3n) is 12.0. The first-order chi connectivity index (χ1) is 30.0. The van der Waals surface area contributed by atoms with Crippen LogP contribution in [0.15, 0.2) is 231 Å². The van der Waals surface area contributed by atoms with Crippen molar-refractivity contribution in [2.24, 2.45) is 0 Å². The maximum Gasteiger partial charge on any atom is 0.171 e. The van der Waals surface area contributed by atoms with Crippen LogP contribution in [0.2, 0.25) is 0 Å². The molecule has 0 amide bonds. The van der Waals surface area contributed by atoms with Crippen molar-refractivity contribution in [3.05, 3.63) is 231 Å². The van der Waals surface area contributed by atoms with Crippen molar-refractivity contribution in [1.29, 1.82) is 0 Å². The number of para-hydroxylation sites is 2. The molecule has 290 valence electrons. The number of hydrogen-bond donors (Lipinski definition) is 0. The minimum Gasteiger partial charge on any atom is -0.309 e. The molecule has 0 unspecified atom stereocenters. The molecule has 0 saturated carbocycles. The molecule has 9 aromatic carbocycles. The lowest BCUT2D eigenvalue weighted by atomic mass is 9.97. The molecule has 0 N–H and O–H groups in total. The van der Waals surface area contributed by atoms with Crippen LogP contribution in [0.25, 0.3) is 60.6 Å². The topological polar surface area (TPSA) is 51.4 Å². The second kappa shape index (κ2) is 14.9. The van der Waals surface area contributed by atoms with E-state index in [1.807, 2.05) is 152 Å². The molecule has 0 aliphatic rings. The lowest BCUT2D eigenvalue weighted by Crippen LogP contribution is -2.24. The SMILES string of the molecule is O=P(c1ccccc1)(c1ccccc1)c1ccc(-c2ccc3c(c2)c2ccc(-c4ccc(P(=O)(c5ccccc5)c5ccccc5)cc4)cc2c2nc4ccccc4n32)cc1. The van der Waals surface area contributed by atoms with Crippen LogP contribution in [0, 0.1) is 0 Å². The van der Waals surface area contributed by atoms with E-state index in [9.17, 15) is 0 Å². The van der Waals surface area contributed by atoms with E-state index >= 15 is 9.13 Å². The van der Waals surface area contributed by atoms with Gasteiger partial charge in [0, 0.05) is 42.6 Å². The van der Waals surface area contributed by atoms with Crippen molar-refractivity contribution in [1.82, 2.24) is 9.38 Å². The van der Waals surface area contributed by atoms with Gasteiger partial charge >= 0.3 is 0 Å². The fourth-order valence-corrected chi connectivity index (χ4v) is 14.2. The summed E-state index contributed by atoms with van der Waals surface area (Å²) in [6, 6.07) is 77.2. The molecule has 11 rings (SSSR count). The van der Waals surface area contributed by atoms with Crippen LogP contribution in [0.1, 0.15) is 0 Å². The van der Waals surface area contributed by atoms with Gasteiger partial charge in [-0.15, -0.1) is 0 Å². The van der Waals surface area contributed by atoms with Gasteiger partial charge in [-0.25, -0.2) is 4.98 Å². The third-order valence-corrected chi connectivity index (χ3v) is 18.1. The first-order valence-electron chi connectivity index (χ1n) is 20.4. The Labute approximate surface area is 354 Å². The predicted octanol–water partition coefficient (Wildman–Crippen LogP) is 11.4. The van der Waals surface area contributed by atoms with Gasteiger partial charge in [0.15, 0.2) is 14.3 Å². The Morgan fingerprint density at radius 1 is 0.311 bits per heavy atom. The van der Waals surface area contributed by atoms with Crippen LogP contribution in [-0.2, 0) is 9.13 Å². The average molecular weight is 821 g/mol. The average Bonchev–Trinajstić information content (AvgIpc) is 3.75. The zero-order valence-corrected chi connectivity index (χ0v) is 34.8. The Bertz CT molecular complexity index is 3410. The van der Waals surface area contributed by atoms with Gasteiger partial charge in [-0.1, -0.05) is 200 Å². The van der Waals surface area contributed by atoms with Gasteiger partial charge in [0.1, 0.15) is 5.65 Å². The highest BCUT2D eigenvalue weighted by molar-refractivity contribution is 7.85. The minimum absolute atomic E-state index is 0.797. The molecule has 4 nitrogen and oxygen atoms in total. The molecule has 0 aliphatic carbocycles. The molecule has 61 heavy (non-hydrogen) atoms. The van der Waals surface area contributed by atoms with Crippen LogP contribution >= 0.6 is 14.3 Å². The molecule has 2 aromatic heterocycles. The summed E-state index contributed by atoms with van der Waals surface area (Å²) in [4.78, 5) is 5.20. The number of benzene rings is 9. The summed E-state index contributed by atoms with van der Waals surface area (Å²) in [5.41, 5.74) is 8.15. The molecule has 0 fully saturated rings. The smallest absolute Gasteiger partial charge is 0.171 e. The lowest BCUT2D eigenvalue weighted by molar-refractivity contribution is 0.591. The molecule has 0 saturated heterocycles. The number of aromatic nitrogens is 2. The Hall–Kier alpha value is -7.09. The second-order valence-corrected chi connectivity index (χ2v) is 20.9. The normalized spacial score (nSPS) is 12.1. The highest BCUT2D eigenvalue weighted by Crippen LogP contribution is 2.44. The molecule has 11 aromatic rings. The molecule has 0 bridgehead atoms. The van der Waals surface area contributed by atoms with Crippen molar-refractivity contribution in [2.45, 2.75) is 0 Å². The zero-order chi connectivity index (χ0) is 41.0. The fourth-order valence-electron chi connectivity index (χ4n) is 8.89. The standard InChI is InChI=1S/C55H38N2O2P2/c58-60(43-15-5-1-6-16-43,44-17-7-2-8-18-44)47-31-25-39(26-32-47)41-29-35-49-50-37-42(30-36-53(50)57-54-24-14-13-23-52(54)56-55(57)51(49)38-41)40-27-33-48(34-28-40)61(59,45-19-9-3-10-20-45)46-21-11-4-12-22-46/h1-38H. The van der Waals surface area contributed by atoms with Crippen LogP contribution in [0.5, 0.6) is 0 Å². The van der Waals surface area contributed by atoms with E-state index in [1.165, 1.54) is 0 Å². The predicted molar refractivity (Wildman–Crippen MR) is 257 cm³/mol. The molecule has 6 heteroatoms. The Balaban J connectivity index is 1.03. The van der Waals surface area contributed by atoms with Gasteiger partial charge in [-0.3, -0.25) is 4.40 Å². The molecule has 2 heterocycles. The maximum absolute atomic E-state index is 15.1. The molecule has 0 atom stereocenters. The number of fused-ring (bicyclic) bond motifs is 8. The van der Waals surface area contributed by atoms with Gasteiger partial charge in [-0.05, 0) is 58.0 Å². The van der Waals surface area contributed by atoms with Crippen molar-refractivity contribution in [3.8, 4) is 22.3 Å². The van der Waals surface area contributed by atoms with E-state index < -0.39 is 14.3 Å². The van der Waals surface area contributed by atoms with Crippen molar-refractivity contribution in [3.63, 3.8) is 0 Å². The van der Waals surface area contributed by atoms with Crippen LogP contribution < -0.4 is 31.8 Å². The van der Waals surface area contributed by atoms with Gasteiger partial charge in [0.25, 0.3) is 0 Å². The highest BCUT2D eigenvalue weighted by atomic mass is 31.2. The van der Waals surface area contributed by atoms with Gasteiger partial charge < -0.3 is 9.13 Å². The summed E-state index contributed by atoms with van der Waals surface area (Å²) >= 11 is 0. The van der Waals surface area contributed by atoms with Crippen molar-refractivity contribution >= 4 is 84.5 Å². The highest BCUT2D eigenvalue weighted by Gasteiger charge is 2.31. The summed E-state index contributed by atoms with van der Waals surface area (Å²) < 4.78 is 32.4. The van der Waals surface area contributed by atoms with Gasteiger partial charge in [0.2, 0.25) is 0 Å². The van der Waals surface area contributed by atoms with E-state index in [1.54, 1.807) is 0 Å².